The summed E-state index contributed by atoms with van der Waals surface area (Å²) in [6, 6.07) is 8.03. The molecule has 0 bridgehead atoms. The summed E-state index contributed by atoms with van der Waals surface area (Å²) in [5.41, 5.74) is 1.16. The second-order valence-corrected chi connectivity index (χ2v) is 7.92. The Morgan fingerprint density at radius 2 is 1.88 bits per heavy atom. The monoisotopic (exact) mass is 384 g/mol. The molecule has 0 aromatic heterocycles. The molecule has 0 radical (unpaired) electrons. The van der Waals surface area contributed by atoms with E-state index < -0.39 is 10.0 Å². The van der Waals surface area contributed by atoms with Crippen molar-refractivity contribution in [3.8, 4) is 5.75 Å². The Morgan fingerprint density at radius 3 is 2.46 bits per heavy atom. The lowest BCUT2D eigenvalue weighted by Gasteiger charge is -2.22. The van der Waals surface area contributed by atoms with Gasteiger partial charge in [0, 0.05) is 33.2 Å². The third kappa shape index (κ3) is 8.53. The largest absolute Gasteiger partial charge is 0.494 e. The topological polar surface area (TPSA) is 83.0 Å². The van der Waals surface area contributed by atoms with Gasteiger partial charge in [-0.1, -0.05) is 12.1 Å². The van der Waals surface area contributed by atoms with Crippen molar-refractivity contribution in [3.63, 3.8) is 0 Å². The van der Waals surface area contributed by atoms with Crippen LogP contribution >= 0.6 is 0 Å². The zero-order chi connectivity index (χ0) is 19.4. The molecule has 0 fully saturated rings. The maximum atomic E-state index is 11.4. The molecule has 26 heavy (non-hydrogen) atoms. The van der Waals surface area contributed by atoms with Gasteiger partial charge in [0.25, 0.3) is 0 Å². The normalized spacial score (nSPS) is 12.1. The Balaban J connectivity index is 2.55. The summed E-state index contributed by atoms with van der Waals surface area (Å²) < 4.78 is 30.8. The Kier molecular flexibility index (Phi) is 10.0. The molecule has 7 nitrogen and oxygen atoms in total. The second kappa shape index (κ2) is 11.7. The molecule has 0 atom stereocenters. The van der Waals surface area contributed by atoms with Gasteiger partial charge in [-0.15, -0.1) is 0 Å². The minimum atomic E-state index is -3.13. The highest BCUT2D eigenvalue weighted by Gasteiger charge is 2.07. The standard InChI is InChI=1S/C18H32N4O3S/c1-5-19-18(20-13-8-14-21-26(23,24)7-3)22(4)15-16-9-11-17(12-10-16)25-6-2/h9-12,21H,5-8,13-15H2,1-4H3,(H,19,20). The minimum absolute atomic E-state index is 0.101. The summed E-state index contributed by atoms with van der Waals surface area (Å²) >= 11 is 0. The summed E-state index contributed by atoms with van der Waals surface area (Å²) in [5, 5.41) is 3.27. The molecule has 0 spiro atoms. The SMILES string of the molecule is CCNC(=NCCCNS(=O)(=O)CC)N(C)Cc1ccc(OCC)cc1. The van der Waals surface area contributed by atoms with Crippen LogP contribution in [0, 0.1) is 0 Å². The fourth-order valence-electron chi connectivity index (χ4n) is 2.27. The Hall–Kier alpha value is -1.80. The number of rotatable bonds is 11. The molecule has 1 rings (SSSR count). The molecule has 0 unspecified atom stereocenters. The van der Waals surface area contributed by atoms with Crippen LogP contribution in [0.15, 0.2) is 29.3 Å². The van der Waals surface area contributed by atoms with Gasteiger partial charge in [0.1, 0.15) is 5.75 Å². The van der Waals surface area contributed by atoms with Gasteiger partial charge in [-0.05, 0) is 44.9 Å². The molecular weight excluding hydrogens is 352 g/mol. The highest BCUT2D eigenvalue weighted by Crippen LogP contribution is 2.13. The van der Waals surface area contributed by atoms with Crippen LogP contribution in [0.4, 0.5) is 0 Å². The van der Waals surface area contributed by atoms with Crippen molar-refractivity contribution in [2.45, 2.75) is 33.7 Å². The van der Waals surface area contributed by atoms with Crippen molar-refractivity contribution in [1.29, 1.82) is 0 Å². The number of guanidine groups is 1. The van der Waals surface area contributed by atoms with Crippen molar-refractivity contribution in [2.24, 2.45) is 4.99 Å². The van der Waals surface area contributed by atoms with E-state index in [1.807, 2.05) is 45.2 Å². The molecule has 0 saturated heterocycles. The first-order chi connectivity index (χ1) is 12.4. The molecule has 1 aromatic carbocycles. The molecule has 0 aliphatic carbocycles. The predicted molar refractivity (Wildman–Crippen MR) is 107 cm³/mol. The Labute approximate surface area is 157 Å². The van der Waals surface area contributed by atoms with Gasteiger partial charge >= 0.3 is 0 Å². The fraction of sp³-hybridized carbons (Fsp3) is 0.611. The van der Waals surface area contributed by atoms with Gasteiger partial charge < -0.3 is 15.0 Å². The van der Waals surface area contributed by atoms with Crippen molar-refractivity contribution in [3.05, 3.63) is 29.8 Å². The molecule has 0 aliphatic heterocycles. The highest BCUT2D eigenvalue weighted by molar-refractivity contribution is 7.89. The Bertz CT molecular complexity index is 645. The van der Waals surface area contributed by atoms with E-state index in [1.165, 1.54) is 0 Å². The molecule has 0 amide bonds. The summed E-state index contributed by atoms with van der Waals surface area (Å²) in [5.74, 6) is 1.78. The summed E-state index contributed by atoms with van der Waals surface area (Å²) in [6.45, 7) is 8.73. The maximum absolute atomic E-state index is 11.4. The van der Waals surface area contributed by atoms with Crippen LogP contribution in [-0.2, 0) is 16.6 Å². The van der Waals surface area contributed by atoms with Crippen LogP contribution in [0.2, 0.25) is 0 Å². The molecule has 1 aromatic rings. The molecule has 148 valence electrons. The number of sulfonamides is 1. The van der Waals surface area contributed by atoms with Crippen molar-refractivity contribution >= 4 is 16.0 Å². The lowest BCUT2D eigenvalue weighted by Crippen LogP contribution is -2.38. The van der Waals surface area contributed by atoms with Crippen LogP contribution in [0.3, 0.4) is 0 Å². The summed E-state index contributed by atoms with van der Waals surface area (Å²) in [7, 11) is -1.15. The van der Waals surface area contributed by atoms with Gasteiger partial charge in [-0.2, -0.15) is 0 Å². The number of nitrogens with zero attached hydrogens (tertiary/aromatic N) is 2. The fourth-order valence-corrected chi connectivity index (χ4v) is 2.93. The molecule has 0 aliphatic rings. The first-order valence-electron chi connectivity index (χ1n) is 9.10. The van der Waals surface area contributed by atoms with Gasteiger partial charge in [0.05, 0.1) is 12.4 Å². The number of nitrogens with one attached hydrogen (secondary N) is 2. The average molecular weight is 385 g/mol. The van der Waals surface area contributed by atoms with Crippen molar-refractivity contribution in [2.75, 3.05) is 39.0 Å². The molecule has 8 heteroatoms. The smallest absolute Gasteiger partial charge is 0.211 e. The van der Waals surface area contributed by atoms with Gasteiger partial charge in [-0.3, -0.25) is 4.99 Å². The third-order valence-corrected chi connectivity index (χ3v) is 5.05. The zero-order valence-electron chi connectivity index (χ0n) is 16.3. The van der Waals surface area contributed by atoms with Gasteiger partial charge in [-0.25, -0.2) is 13.1 Å². The Morgan fingerprint density at radius 1 is 1.19 bits per heavy atom. The van der Waals surface area contributed by atoms with E-state index in [0.29, 0.717) is 26.1 Å². The summed E-state index contributed by atoms with van der Waals surface area (Å²) in [4.78, 5) is 6.62. The van der Waals surface area contributed by atoms with Crippen LogP contribution in [0.1, 0.15) is 32.8 Å². The van der Waals surface area contributed by atoms with Crippen LogP contribution < -0.4 is 14.8 Å². The van der Waals surface area contributed by atoms with E-state index in [4.69, 9.17) is 4.74 Å². The quantitative estimate of drug-likeness (QED) is 0.345. The number of hydrogen-bond acceptors (Lipinski definition) is 4. The molecule has 2 N–H and O–H groups in total. The molecule has 0 heterocycles. The van der Waals surface area contributed by atoms with Gasteiger partial charge in [0.15, 0.2) is 5.96 Å². The predicted octanol–water partition coefficient (Wildman–Crippen LogP) is 1.81. The number of ether oxygens (including phenoxy) is 1. The molecule has 0 saturated carbocycles. The minimum Gasteiger partial charge on any atom is -0.494 e. The van der Waals surface area contributed by atoms with E-state index in [-0.39, 0.29) is 5.75 Å². The van der Waals surface area contributed by atoms with Crippen molar-refractivity contribution in [1.82, 2.24) is 14.9 Å². The lowest BCUT2D eigenvalue weighted by atomic mass is 10.2. The van der Waals surface area contributed by atoms with E-state index in [2.05, 4.69) is 19.9 Å². The van der Waals surface area contributed by atoms with E-state index in [9.17, 15) is 8.42 Å². The first-order valence-corrected chi connectivity index (χ1v) is 10.8. The zero-order valence-corrected chi connectivity index (χ0v) is 17.1. The first kappa shape index (κ1) is 22.2. The second-order valence-electron chi connectivity index (χ2n) is 5.82. The highest BCUT2D eigenvalue weighted by atomic mass is 32.2. The van der Waals surface area contributed by atoms with E-state index in [0.717, 1.165) is 30.4 Å². The lowest BCUT2D eigenvalue weighted by molar-refractivity contribution is 0.340. The van der Waals surface area contributed by atoms with Crippen molar-refractivity contribution < 1.29 is 13.2 Å². The third-order valence-electron chi connectivity index (χ3n) is 3.65. The van der Waals surface area contributed by atoms with Crippen LogP contribution in [-0.4, -0.2) is 58.3 Å². The summed E-state index contributed by atoms with van der Waals surface area (Å²) in [6.07, 6.45) is 0.658. The number of hydrogen-bond donors (Lipinski definition) is 2. The van der Waals surface area contributed by atoms with E-state index >= 15 is 0 Å². The van der Waals surface area contributed by atoms with Crippen LogP contribution in [0.5, 0.6) is 5.75 Å². The van der Waals surface area contributed by atoms with Crippen LogP contribution in [0.25, 0.3) is 0 Å². The number of aliphatic imine (C=N–C) groups is 1. The number of benzene rings is 1. The van der Waals surface area contributed by atoms with Gasteiger partial charge in [0.2, 0.25) is 10.0 Å². The molecular formula is C18H32N4O3S. The maximum Gasteiger partial charge on any atom is 0.211 e. The van der Waals surface area contributed by atoms with E-state index in [1.54, 1.807) is 6.92 Å². The average Bonchev–Trinajstić information content (AvgIpc) is 2.62.